The lowest BCUT2D eigenvalue weighted by Crippen LogP contribution is -1.99. The summed E-state index contributed by atoms with van der Waals surface area (Å²) >= 11 is 7.36. The van der Waals surface area contributed by atoms with Crippen molar-refractivity contribution in [3.63, 3.8) is 0 Å². The normalized spacial score (nSPS) is 12.4. The summed E-state index contributed by atoms with van der Waals surface area (Å²) < 4.78 is 1.14. The molecule has 0 saturated carbocycles. The number of halogens is 2. The molecule has 0 saturated heterocycles. The lowest BCUT2D eigenvalue weighted by Gasteiger charge is -2.13. The second-order valence-electron chi connectivity index (χ2n) is 4.52. The van der Waals surface area contributed by atoms with Crippen LogP contribution in [0.4, 0.5) is 0 Å². The molecule has 0 bridgehead atoms. The minimum atomic E-state index is 0.280. The molecule has 1 atom stereocenters. The Bertz CT molecular complexity index is 535. The number of hydrogen-bond donors (Lipinski definition) is 0. The number of pyridine rings is 1. The van der Waals surface area contributed by atoms with E-state index in [1.54, 1.807) is 0 Å². The van der Waals surface area contributed by atoms with Gasteiger partial charge in [0, 0.05) is 27.6 Å². The van der Waals surface area contributed by atoms with E-state index in [-0.39, 0.29) is 4.83 Å². The van der Waals surface area contributed by atoms with E-state index in [0.29, 0.717) is 0 Å². The maximum atomic E-state index is 4.45. The number of alkyl halides is 1. The van der Waals surface area contributed by atoms with Crippen LogP contribution in [0.1, 0.15) is 27.2 Å². The van der Waals surface area contributed by atoms with Crippen molar-refractivity contribution in [1.82, 2.24) is 4.98 Å². The van der Waals surface area contributed by atoms with E-state index in [4.69, 9.17) is 0 Å². The summed E-state index contributed by atoms with van der Waals surface area (Å²) in [6.45, 7) is 4.17. The number of aryl methyl sites for hydroxylation is 2. The molecule has 18 heavy (non-hydrogen) atoms. The van der Waals surface area contributed by atoms with Crippen LogP contribution in [0.25, 0.3) is 0 Å². The average molecular weight is 369 g/mol. The summed E-state index contributed by atoms with van der Waals surface area (Å²) in [7, 11) is 0. The van der Waals surface area contributed by atoms with Gasteiger partial charge in [0.2, 0.25) is 0 Å². The molecule has 0 radical (unpaired) electrons. The Morgan fingerprint density at radius 1 is 1.11 bits per heavy atom. The van der Waals surface area contributed by atoms with Gasteiger partial charge in [0.15, 0.2) is 0 Å². The van der Waals surface area contributed by atoms with E-state index in [1.807, 2.05) is 6.20 Å². The fourth-order valence-corrected chi connectivity index (χ4v) is 3.36. The number of benzene rings is 1. The summed E-state index contributed by atoms with van der Waals surface area (Å²) in [6.07, 6.45) is 2.81. The highest BCUT2D eigenvalue weighted by molar-refractivity contribution is 9.11. The predicted octanol–water partition coefficient (Wildman–Crippen LogP) is 5.14. The van der Waals surface area contributed by atoms with Gasteiger partial charge in [0.25, 0.3) is 0 Å². The van der Waals surface area contributed by atoms with Crippen LogP contribution in [0.15, 0.2) is 41.0 Å². The van der Waals surface area contributed by atoms with Gasteiger partial charge in [-0.15, -0.1) is 0 Å². The van der Waals surface area contributed by atoms with Gasteiger partial charge < -0.3 is 0 Å². The minimum Gasteiger partial charge on any atom is -0.261 e. The topological polar surface area (TPSA) is 12.9 Å². The van der Waals surface area contributed by atoms with Gasteiger partial charge in [-0.2, -0.15) is 0 Å². The van der Waals surface area contributed by atoms with E-state index >= 15 is 0 Å². The van der Waals surface area contributed by atoms with Crippen molar-refractivity contribution in [2.45, 2.75) is 25.1 Å². The van der Waals surface area contributed by atoms with Crippen molar-refractivity contribution in [2.75, 3.05) is 0 Å². The van der Waals surface area contributed by atoms with Gasteiger partial charge >= 0.3 is 0 Å². The lowest BCUT2D eigenvalue weighted by molar-refractivity contribution is 0.897. The third kappa shape index (κ3) is 3.42. The predicted molar refractivity (Wildman–Crippen MR) is 83.2 cm³/mol. The van der Waals surface area contributed by atoms with Crippen LogP contribution in [-0.4, -0.2) is 4.98 Å². The minimum absolute atomic E-state index is 0.280. The highest BCUT2D eigenvalue weighted by Crippen LogP contribution is 2.32. The van der Waals surface area contributed by atoms with Crippen molar-refractivity contribution in [3.05, 3.63) is 63.4 Å². The fourth-order valence-electron chi connectivity index (χ4n) is 1.82. The molecule has 0 aliphatic carbocycles. The zero-order valence-electron chi connectivity index (χ0n) is 10.5. The molecule has 1 aromatic carbocycles. The number of nitrogens with zero attached hydrogens (tertiary/aromatic N) is 1. The molecule has 3 heteroatoms. The molecule has 1 unspecified atom stereocenters. The summed E-state index contributed by atoms with van der Waals surface area (Å²) in [5.74, 6) is 0. The van der Waals surface area contributed by atoms with Crippen molar-refractivity contribution in [1.29, 1.82) is 0 Å². The molecular weight excluding hydrogens is 354 g/mol. The molecule has 0 fully saturated rings. The first-order valence-corrected chi connectivity index (χ1v) is 7.59. The van der Waals surface area contributed by atoms with E-state index in [2.05, 4.69) is 81.0 Å². The van der Waals surface area contributed by atoms with Crippen LogP contribution in [0.3, 0.4) is 0 Å². The van der Waals surface area contributed by atoms with E-state index in [1.165, 1.54) is 16.7 Å². The number of rotatable bonds is 3. The van der Waals surface area contributed by atoms with Gasteiger partial charge in [-0.3, -0.25) is 4.98 Å². The zero-order chi connectivity index (χ0) is 13.1. The molecular formula is C15H15Br2N. The first kappa shape index (κ1) is 13.8. The van der Waals surface area contributed by atoms with Gasteiger partial charge in [0.05, 0.1) is 0 Å². The van der Waals surface area contributed by atoms with Crippen LogP contribution >= 0.6 is 31.9 Å². The third-order valence-electron chi connectivity index (χ3n) is 2.85. The van der Waals surface area contributed by atoms with E-state index in [0.717, 1.165) is 16.6 Å². The largest absolute Gasteiger partial charge is 0.261 e. The molecule has 1 heterocycles. The molecule has 0 aliphatic heterocycles. The average Bonchev–Trinajstić information content (AvgIpc) is 2.35. The molecule has 1 nitrogen and oxygen atoms in total. The zero-order valence-corrected chi connectivity index (χ0v) is 13.6. The molecule has 0 spiro atoms. The van der Waals surface area contributed by atoms with Crippen molar-refractivity contribution < 1.29 is 0 Å². The first-order chi connectivity index (χ1) is 8.56. The molecule has 0 amide bonds. The Kier molecular flexibility index (Phi) is 4.57. The molecule has 2 rings (SSSR count). The molecule has 2 aromatic rings. The maximum Gasteiger partial charge on any atom is 0.0461 e. The summed E-state index contributed by atoms with van der Waals surface area (Å²) in [5.41, 5.74) is 4.85. The lowest BCUT2D eigenvalue weighted by atomic mass is 10.1. The highest BCUT2D eigenvalue weighted by Gasteiger charge is 2.12. The first-order valence-electron chi connectivity index (χ1n) is 5.88. The second kappa shape index (κ2) is 5.98. The number of aromatic nitrogens is 1. The highest BCUT2D eigenvalue weighted by atomic mass is 79.9. The van der Waals surface area contributed by atoms with Crippen LogP contribution in [0, 0.1) is 13.8 Å². The van der Waals surface area contributed by atoms with Gasteiger partial charge in [-0.05, 0) is 37.1 Å². The monoisotopic (exact) mass is 367 g/mol. The van der Waals surface area contributed by atoms with Crippen LogP contribution in [0.5, 0.6) is 0 Å². The Hall–Kier alpha value is -0.670. The molecule has 1 aromatic heterocycles. The van der Waals surface area contributed by atoms with Crippen LogP contribution in [0.2, 0.25) is 0 Å². The quantitative estimate of drug-likeness (QED) is 0.683. The third-order valence-corrected chi connectivity index (χ3v) is 4.39. The maximum absolute atomic E-state index is 4.45. The Balaban J connectivity index is 2.18. The molecule has 0 N–H and O–H groups in total. The Morgan fingerprint density at radius 3 is 2.50 bits per heavy atom. The molecule has 0 aliphatic rings. The van der Waals surface area contributed by atoms with Gasteiger partial charge in [-0.1, -0.05) is 55.6 Å². The van der Waals surface area contributed by atoms with E-state index < -0.39 is 0 Å². The summed E-state index contributed by atoms with van der Waals surface area (Å²) in [5, 5.41) is 0. The van der Waals surface area contributed by atoms with Crippen LogP contribution in [-0.2, 0) is 6.42 Å². The van der Waals surface area contributed by atoms with Gasteiger partial charge in [0.1, 0.15) is 0 Å². The van der Waals surface area contributed by atoms with Gasteiger partial charge in [-0.25, -0.2) is 0 Å². The van der Waals surface area contributed by atoms with E-state index in [9.17, 15) is 0 Å². The standard InChI is InChI=1S/C15H15Br2N/c1-10-4-6-14(16)13(7-10)15(17)8-12-5-3-11(2)9-18-12/h3-7,9,15H,8H2,1-2H3. The Morgan fingerprint density at radius 2 is 1.83 bits per heavy atom. The SMILES string of the molecule is Cc1ccc(CC(Br)c2cc(C)ccc2Br)nc1. The van der Waals surface area contributed by atoms with Crippen LogP contribution < -0.4 is 0 Å². The summed E-state index contributed by atoms with van der Waals surface area (Å²) in [6, 6.07) is 10.6. The van der Waals surface area contributed by atoms with Crippen molar-refractivity contribution in [2.24, 2.45) is 0 Å². The molecule has 94 valence electrons. The number of hydrogen-bond acceptors (Lipinski definition) is 1. The second-order valence-corrected chi connectivity index (χ2v) is 6.48. The summed E-state index contributed by atoms with van der Waals surface area (Å²) in [4.78, 5) is 4.73. The van der Waals surface area contributed by atoms with Crippen molar-refractivity contribution in [3.8, 4) is 0 Å². The smallest absolute Gasteiger partial charge is 0.0461 e. The fraction of sp³-hybridized carbons (Fsp3) is 0.267. The Labute approximate surface area is 125 Å². The van der Waals surface area contributed by atoms with Crippen molar-refractivity contribution >= 4 is 31.9 Å².